The summed E-state index contributed by atoms with van der Waals surface area (Å²) in [6, 6.07) is 17.6. The highest BCUT2D eigenvalue weighted by molar-refractivity contribution is 6.62. The molecule has 1 radical (unpaired) electrons. The van der Waals surface area contributed by atoms with Gasteiger partial charge in [-0.3, -0.25) is 0 Å². The second-order valence-electron chi connectivity index (χ2n) is 7.76. The highest BCUT2D eigenvalue weighted by Crippen LogP contribution is 2.37. The lowest BCUT2D eigenvalue weighted by molar-refractivity contribution is 0.00578. The summed E-state index contributed by atoms with van der Waals surface area (Å²) in [4.78, 5) is 0. The van der Waals surface area contributed by atoms with Crippen molar-refractivity contribution in [1.82, 2.24) is 0 Å². The molecule has 0 aliphatic carbocycles. The van der Waals surface area contributed by atoms with Crippen LogP contribution < -0.4 is 10.2 Å². The first-order valence-electron chi connectivity index (χ1n) is 9.18. The van der Waals surface area contributed by atoms with E-state index in [1.807, 2.05) is 70.2 Å². The van der Waals surface area contributed by atoms with E-state index >= 15 is 0 Å². The van der Waals surface area contributed by atoms with E-state index in [0.29, 0.717) is 17.7 Å². The quantitative estimate of drug-likeness (QED) is 0.748. The van der Waals surface area contributed by atoms with Gasteiger partial charge in [-0.05, 0) is 64.2 Å². The third-order valence-electron chi connectivity index (χ3n) is 5.35. The largest absolute Gasteiger partial charge is 0.494 e. The van der Waals surface area contributed by atoms with Crippen molar-refractivity contribution in [1.29, 1.82) is 5.26 Å². The molecule has 1 aliphatic rings. The van der Waals surface area contributed by atoms with Crippen molar-refractivity contribution in [3.8, 4) is 11.8 Å². The van der Waals surface area contributed by atoms with Crippen LogP contribution in [-0.2, 0) is 9.31 Å². The molecule has 1 fully saturated rings. The summed E-state index contributed by atoms with van der Waals surface area (Å²) in [5.41, 5.74) is 1.45. The molecular weight excluding hydrogens is 337 g/mol. The van der Waals surface area contributed by atoms with Crippen molar-refractivity contribution in [2.45, 2.75) is 51.4 Å². The zero-order chi connectivity index (χ0) is 19.7. The molecule has 2 aromatic rings. The molecule has 1 saturated heterocycles. The summed E-state index contributed by atoms with van der Waals surface area (Å²) in [6.45, 7) is 12.0. The first-order chi connectivity index (χ1) is 12.8. The molecule has 1 aliphatic heterocycles. The maximum absolute atomic E-state index is 9.62. The van der Waals surface area contributed by atoms with Gasteiger partial charge in [0.1, 0.15) is 17.9 Å². The predicted molar refractivity (Wildman–Crippen MR) is 107 cm³/mol. The first-order valence-corrected chi connectivity index (χ1v) is 9.18. The summed E-state index contributed by atoms with van der Waals surface area (Å²) in [6.07, 6.45) is 0.356. The molecule has 0 bridgehead atoms. The average molecular weight is 362 g/mol. The van der Waals surface area contributed by atoms with Crippen LogP contribution in [0.15, 0.2) is 48.5 Å². The standard InChI is InChI=1S/C22H25BNO3/c1-6-19(16-10-8-7-9-11-16)25-20-13-12-18(14-17(20)15-24)23-26-21(2,3)22(4,5)27-23/h7-14,19H,1,6H2,2-5H3. The topological polar surface area (TPSA) is 51.5 Å². The fourth-order valence-electron chi connectivity index (χ4n) is 2.98. The van der Waals surface area contributed by atoms with Crippen LogP contribution in [0.1, 0.15) is 51.3 Å². The number of hydrogen-bond donors (Lipinski definition) is 0. The second kappa shape index (κ2) is 7.38. The van der Waals surface area contributed by atoms with Crippen molar-refractivity contribution >= 4 is 12.6 Å². The molecule has 0 spiro atoms. The van der Waals surface area contributed by atoms with Crippen LogP contribution in [0, 0.1) is 18.3 Å². The Bertz CT molecular complexity index is 826. The van der Waals surface area contributed by atoms with Crippen LogP contribution in [0.3, 0.4) is 0 Å². The van der Waals surface area contributed by atoms with Gasteiger partial charge < -0.3 is 14.0 Å². The summed E-state index contributed by atoms with van der Waals surface area (Å²) in [7, 11) is -0.506. The van der Waals surface area contributed by atoms with Gasteiger partial charge in [-0.15, -0.1) is 0 Å². The third kappa shape index (κ3) is 3.88. The number of rotatable bonds is 5. The fourth-order valence-corrected chi connectivity index (χ4v) is 2.98. The number of nitrogens with zero attached hydrogens (tertiary/aromatic N) is 1. The minimum absolute atomic E-state index is 0.207. The fraction of sp³-hybridized carbons (Fsp3) is 0.364. The Morgan fingerprint density at radius 2 is 1.70 bits per heavy atom. The molecule has 0 N–H and O–H groups in total. The van der Waals surface area contributed by atoms with Gasteiger partial charge in [0, 0.05) is 0 Å². The van der Waals surface area contributed by atoms with Crippen molar-refractivity contribution in [3.05, 3.63) is 66.6 Å². The average Bonchev–Trinajstić information content (AvgIpc) is 2.87. The minimum atomic E-state index is -0.506. The Morgan fingerprint density at radius 1 is 1.07 bits per heavy atom. The molecule has 4 nitrogen and oxygen atoms in total. The first kappa shape index (κ1) is 19.5. The molecule has 27 heavy (non-hydrogen) atoms. The molecule has 0 amide bonds. The van der Waals surface area contributed by atoms with Crippen molar-refractivity contribution in [3.63, 3.8) is 0 Å². The smallest absolute Gasteiger partial charge is 0.484 e. The van der Waals surface area contributed by atoms with Gasteiger partial charge in [0.25, 0.3) is 0 Å². The van der Waals surface area contributed by atoms with Gasteiger partial charge in [-0.1, -0.05) is 36.4 Å². The maximum atomic E-state index is 9.62. The molecule has 1 atom stereocenters. The zero-order valence-electron chi connectivity index (χ0n) is 16.4. The van der Waals surface area contributed by atoms with Gasteiger partial charge in [0.2, 0.25) is 0 Å². The van der Waals surface area contributed by atoms with Gasteiger partial charge in [0.15, 0.2) is 0 Å². The van der Waals surface area contributed by atoms with E-state index in [-0.39, 0.29) is 6.10 Å². The summed E-state index contributed by atoms with van der Waals surface area (Å²) in [5.74, 6) is 0.537. The Balaban J connectivity index is 1.84. The molecule has 1 heterocycles. The monoisotopic (exact) mass is 362 g/mol. The summed E-state index contributed by atoms with van der Waals surface area (Å²) < 4.78 is 18.3. The minimum Gasteiger partial charge on any atom is -0.484 e. The Hall–Kier alpha value is -2.29. The zero-order valence-corrected chi connectivity index (χ0v) is 16.4. The Kier molecular flexibility index (Phi) is 5.32. The van der Waals surface area contributed by atoms with Crippen LogP contribution in [0.25, 0.3) is 0 Å². The van der Waals surface area contributed by atoms with E-state index in [9.17, 15) is 5.26 Å². The van der Waals surface area contributed by atoms with E-state index in [4.69, 9.17) is 14.0 Å². The van der Waals surface area contributed by atoms with E-state index < -0.39 is 18.3 Å². The van der Waals surface area contributed by atoms with E-state index in [1.165, 1.54) is 0 Å². The second-order valence-corrected chi connectivity index (χ2v) is 7.76. The van der Waals surface area contributed by atoms with Gasteiger partial charge >= 0.3 is 7.12 Å². The van der Waals surface area contributed by atoms with Crippen molar-refractivity contribution in [2.75, 3.05) is 0 Å². The van der Waals surface area contributed by atoms with Gasteiger partial charge in [0.05, 0.1) is 16.8 Å². The summed E-state index contributed by atoms with van der Waals surface area (Å²) >= 11 is 0. The lowest BCUT2D eigenvalue weighted by Gasteiger charge is -2.32. The molecular formula is C22H25BNO3. The molecule has 2 aromatic carbocycles. The lowest BCUT2D eigenvalue weighted by Crippen LogP contribution is -2.41. The number of benzene rings is 2. The van der Waals surface area contributed by atoms with Crippen molar-refractivity contribution in [2.24, 2.45) is 0 Å². The van der Waals surface area contributed by atoms with Crippen LogP contribution in [0.5, 0.6) is 5.75 Å². The molecule has 0 saturated carbocycles. The number of ether oxygens (including phenoxy) is 1. The van der Waals surface area contributed by atoms with E-state index in [0.717, 1.165) is 11.0 Å². The number of hydrogen-bond acceptors (Lipinski definition) is 4. The lowest BCUT2D eigenvalue weighted by atomic mass is 9.78. The molecule has 1 unspecified atom stereocenters. The van der Waals surface area contributed by atoms with Crippen molar-refractivity contribution < 1.29 is 14.0 Å². The molecule has 139 valence electrons. The van der Waals surface area contributed by atoms with Gasteiger partial charge in [-0.25, -0.2) is 0 Å². The normalized spacial score (nSPS) is 18.7. The van der Waals surface area contributed by atoms with E-state index in [1.54, 1.807) is 6.07 Å². The van der Waals surface area contributed by atoms with Crippen LogP contribution in [0.4, 0.5) is 0 Å². The SMILES string of the molecule is [CH2]CC(Oc1ccc(B2OC(C)(C)C(C)(C)O2)cc1C#N)c1ccccc1. The number of nitriles is 1. The van der Waals surface area contributed by atoms with E-state index in [2.05, 4.69) is 13.0 Å². The highest BCUT2D eigenvalue weighted by atomic mass is 16.7. The van der Waals surface area contributed by atoms with Crippen LogP contribution >= 0.6 is 0 Å². The van der Waals surface area contributed by atoms with Crippen LogP contribution in [-0.4, -0.2) is 18.3 Å². The molecule has 0 aromatic heterocycles. The molecule has 5 heteroatoms. The highest BCUT2D eigenvalue weighted by Gasteiger charge is 2.51. The molecule has 3 rings (SSSR count). The maximum Gasteiger partial charge on any atom is 0.494 e. The Morgan fingerprint density at radius 3 is 2.26 bits per heavy atom. The summed E-state index contributed by atoms with van der Waals surface area (Å²) in [5, 5.41) is 9.62. The predicted octanol–water partition coefficient (Wildman–Crippen LogP) is 4.20. The van der Waals surface area contributed by atoms with Gasteiger partial charge in [-0.2, -0.15) is 5.26 Å². The Labute approximate surface area is 162 Å². The third-order valence-corrected chi connectivity index (χ3v) is 5.35. The van der Waals surface area contributed by atoms with Crippen LogP contribution in [0.2, 0.25) is 0 Å².